The Balaban J connectivity index is 1.48. The Morgan fingerprint density at radius 3 is 2.51 bits per heavy atom. The minimum absolute atomic E-state index is 0.0952. The molecule has 0 bridgehead atoms. The summed E-state index contributed by atoms with van der Waals surface area (Å²) >= 11 is 5.94. The fourth-order valence-corrected chi connectivity index (χ4v) is 4.71. The third kappa shape index (κ3) is 7.54. The zero-order chi connectivity index (χ0) is 26.4. The van der Waals surface area contributed by atoms with Crippen LogP contribution in [-0.2, 0) is 16.6 Å². The molecular formula is C25H29ClN6O4S. The molecule has 3 N–H and O–H groups in total. The fraction of sp³-hybridized carbons (Fsp3) is 0.320. The maximum Gasteiger partial charge on any atom is 0.319 e. The molecule has 1 aliphatic rings. The molecule has 0 radical (unpaired) electrons. The second-order valence-corrected chi connectivity index (χ2v) is 11.0. The van der Waals surface area contributed by atoms with Gasteiger partial charge in [0.15, 0.2) is 0 Å². The van der Waals surface area contributed by atoms with Gasteiger partial charge in [0.2, 0.25) is 10.0 Å². The average molecular weight is 545 g/mol. The second-order valence-electron chi connectivity index (χ2n) is 8.78. The first-order chi connectivity index (χ1) is 17.7. The number of aromatic nitrogens is 2. The van der Waals surface area contributed by atoms with E-state index in [0.29, 0.717) is 41.7 Å². The van der Waals surface area contributed by atoms with Crippen molar-refractivity contribution in [3.05, 3.63) is 77.3 Å². The third-order valence-corrected chi connectivity index (χ3v) is 7.02. The molecule has 3 aromatic rings. The minimum atomic E-state index is -3.30. The average Bonchev–Trinajstić information content (AvgIpc) is 2.89. The molecule has 37 heavy (non-hydrogen) atoms. The monoisotopic (exact) mass is 544 g/mol. The van der Waals surface area contributed by atoms with E-state index < -0.39 is 10.0 Å². The number of hydrogen-bond acceptors (Lipinski definition) is 7. The van der Waals surface area contributed by atoms with Crippen LogP contribution in [-0.4, -0.2) is 56.9 Å². The van der Waals surface area contributed by atoms with E-state index in [0.717, 1.165) is 17.6 Å². The summed E-state index contributed by atoms with van der Waals surface area (Å²) in [4.78, 5) is 24.0. The first kappa shape index (κ1) is 26.6. The number of anilines is 2. The lowest BCUT2D eigenvalue weighted by Gasteiger charge is -2.39. The maximum atomic E-state index is 12.8. The number of urea groups is 1. The highest BCUT2D eigenvalue weighted by Gasteiger charge is 2.33. The Kier molecular flexibility index (Phi) is 8.47. The number of carbonyl (C=O) groups excluding carboxylic acids is 1. The molecule has 4 rings (SSSR count). The number of piperidine rings is 1. The van der Waals surface area contributed by atoms with E-state index >= 15 is 0 Å². The summed E-state index contributed by atoms with van der Waals surface area (Å²) in [6.45, 7) is 1.43. The number of sulfonamides is 1. The number of ether oxygens (including phenoxy) is 1. The van der Waals surface area contributed by atoms with Gasteiger partial charge in [0.25, 0.3) is 0 Å². The van der Waals surface area contributed by atoms with Crippen molar-refractivity contribution < 1.29 is 17.9 Å². The van der Waals surface area contributed by atoms with Gasteiger partial charge < -0.3 is 20.3 Å². The van der Waals surface area contributed by atoms with Crippen molar-refractivity contribution in [1.29, 1.82) is 0 Å². The Labute approximate surface area is 221 Å². The summed E-state index contributed by atoms with van der Waals surface area (Å²) in [5.41, 5.74) is 3.02. The van der Waals surface area contributed by atoms with E-state index in [2.05, 4.69) is 30.2 Å². The largest absolute Gasteiger partial charge is 0.495 e. The molecule has 1 saturated heterocycles. The SMILES string of the molecule is COc1ccc(C2CN(c3ccc(CNS(C)(=O)=O)nc3)CCC2NC(=O)Nc2ccc(Cl)cc2)nc1. The van der Waals surface area contributed by atoms with Gasteiger partial charge in [0.1, 0.15) is 5.75 Å². The Bertz CT molecular complexity index is 1300. The molecule has 3 heterocycles. The van der Waals surface area contributed by atoms with Crippen LogP contribution < -0.4 is 25.0 Å². The minimum Gasteiger partial charge on any atom is -0.495 e. The van der Waals surface area contributed by atoms with Gasteiger partial charge >= 0.3 is 6.03 Å². The number of methoxy groups -OCH3 is 1. The highest BCUT2D eigenvalue weighted by molar-refractivity contribution is 7.88. The van der Waals surface area contributed by atoms with E-state index in [1.807, 2.05) is 18.2 Å². The van der Waals surface area contributed by atoms with Crippen LogP contribution in [0.4, 0.5) is 16.2 Å². The molecule has 2 aromatic heterocycles. The molecule has 196 valence electrons. The normalized spacial score (nSPS) is 17.8. The first-order valence-corrected chi connectivity index (χ1v) is 13.9. The standard InChI is InChI=1S/C25H29ClN6O4S/c1-36-21-9-10-23(28-15-21)22-16-32(20-8-7-19(27-14-20)13-29-37(2,34)35)12-11-24(22)31-25(33)30-18-5-3-17(26)4-6-18/h3-10,14-15,22,24,29H,11-13,16H2,1-2H3,(H2,30,31,33). The lowest BCUT2D eigenvalue weighted by molar-refractivity contribution is 0.243. The Hall–Kier alpha value is -3.41. The van der Waals surface area contributed by atoms with Crippen LogP contribution in [0.25, 0.3) is 0 Å². The molecule has 0 saturated carbocycles. The van der Waals surface area contributed by atoms with Crippen LogP contribution in [0.15, 0.2) is 60.9 Å². The third-order valence-electron chi connectivity index (χ3n) is 6.10. The number of hydrogen-bond donors (Lipinski definition) is 3. The van der Waals surface area contributed by atoms with E-state index in [4.69, 9.17) is 16.3 Å². The van der Waals surface area contributed by atoms with E-state index in [9.17, 15) is 13.2 Å². The maximum absolute atomic E-state index is 12.8. The zero-order valence-corrected chi connectivity index (χ0v) is 22.1. The van der Waals surface area contributed by atoms with Crippen LogP contribution >= 0.6 is 11.6 Å². The van der Waals surface area contributed by atoms with Crippen molar-refractivity contribution in [2.24, 2.45) is 0 Å². The van der Waals surface area contributed by atoms with Crippen molar-refractivity contribution in [3.63, 3.8) is 0 Å². The molecule has 1 aromatic carbocycles. The number of halogens is 1. The van der Waals surface area contributed by atoms with Gasteiger partial charge in [-0.05, 0) is 55.0 Å². The molecule has 12 heteroatoms. The predicted octanol–water partition coefficient (Wildman–Crippen LogP) is 3.37. The summed E-state index contributed by atoms with van der Waals surface area (Å²) in [5, 5.41) is 6.56. The molecule has 0 spiro atoms. The zero-order valence-electron chi connectivity index (χ0n) is 20.5. The molecule has 0 aliphatic carbocycles. The quantitative estimate of drug-likeness (QED) is 0.397. The first-order valence-electron chi connectivity index (χ1n) is 11.7. The highest BCUT2D eigenvalue weighted by atomic mass is 35.5. The highest BCUT2D eigenvalue weighted by Crippen LogP contribution is 2.30. The molecule has 2 atom stereocenters. The summed E-state index contributed by atoms with van der Waals surface area (Å²) in [5.74, 6) is 0.561. The summed E-state index contributed by atoms with van der Waals surface area (Å²) in [7, 11) is -1.71. The van der Waals surface area contributed by atoms with Crippen LogP contribution in [0.3, 0.4) is 0 Å². The van der Waals surface area contributed by atoms with Crippen LogP contribution in [0, 0.1) is 0 Å². The Morgan fingerprint density at radius 2 is 1.89 bits per heavy atom. The van der Waals surface area contributed by atoms with Gasteiger partial charge in [-0.1, -0.05) is 11.6 Å². The number of benzene rings is 1. The lowest BCUT2D eigenvalue weighted by atomic mass is 9.88. The second kappa shape index (κ2) is 11.8. The van der Waals surface area contributed by atoms with Crippen LogP contribution in [0.2, 0.25) is 5.02 Å². The fourth-order valence-electron chi connectivity index (χ4n) is 4.17. The van der Waals surface area contributed by atoms with Gasteiger partial charge in [-0.3, -0.25) is 9.97 Å². The molecule has 2 unspecified atom stereocenters. The molecule has 1 aliphatic heterocycles. The Morgan fingerprint density at radius 1 is 1.11 bits per heavy atom. The van der Waals surface area contributed by atoms with Gasteiger partial charge in [0.05, 0.1) is 43.7 Å². The predicted molar refractivity (Wildman–Crippen MR) is 144 cm³/mol. The van der Waals surface area contributed by atoms with Crippen molar-refractivity contribution in [1.82, 2.24) is 20.0 Å². The molecule has 10 nitrogen and oxygen atoms in total. The van der Waals surface area contributed by atoms with Crippen molar-refractivity contribution in [2.45, 2.75) is 24.9 Å². The number of pyridine rings is 2. The van der Waals surface area contributed by atoms with Gasteiger partial charge in [-0.15, -0.1) is 0 Å². The number of nitrogens with one attached hydrogen (secondary N) is 3. The van der Waals surface area contributed by atoms with Crippen molar-refractivity contribution in [3.8, 4) is 5.75 Å². The van der Waals surface area contributed by atoms with Gasteiger partial charge in [-0.2, -0.15) is 0 Å². The number of carbonyl (C=O) groups is 1. The van der Waals surface area contributed by atoms with Gasteiger partial charge in [-0.25, -0.2) is 17.9 Å². The molecule has 2 amide bonds. The van der Waals surface area contributed by atoms with E-state index in [1.54, 1.807) is 49.8 Å². The van der Waals surface area contributed by atoms with Gasteiger partial charge in [0, 0.05) is 41.5 Å². The summed E-state index contributed by atoms with van der Waals surface area (Å²) < 4.78 is 30.4. The summed E-state index contributed by atoms with van der Waals surface area (Å²) in [6, 6.07) is 14.0. The summed E-state index contributed by atoms with van der Waals surface area (Å²) in [6.07, 6.45) is 5.20. The van der Waals surface area contributed by atoms with Crippen molar-refractivity contribution >= 4 is 39.0 Å². The number of rotatable bonds is 8. The lowest BCUT2D eigenvalue weighted by Crippen LogP contribution is -2.51. The smallest absolute Gasteiger partial charge is 0.319 e. The molecule has 1 fully saturated rings. The van der Waals surface area contributed by atoms with Crippen molar-refractivity contribution in [2.75, 3.05) is 36.7 Å². The number of nitrogens with zero attached hydrogens (tertiary/aromatic N) is 3. The van der Waals surface area contributed by atoms with E-state index in [1.165, 1.54) is 0 Å². The topological polar surface area (TPSA) is 126 Å². The molecular weight excluding hydrogens is 516 g/mol. The van der Waals surface area contributed by atoms with E-state index in [-0.39, 0.29) is 24.5 Å². The van der Waals surface area contributed by atoms with Crippen LogP contribution in [0.1, 0.15) is 23.7 Å². The van der Waals surface area contributed by atoms with Crippen LogP contribution in [0.5, 0.6) is 5.75 Å². The number of amides is 2.